The van der Waals surface area contributed by atoms with Gasteiger partial charge in [0, 0.05) is 30.4 Å². The molecule has 3 rings (SSSR count). The SMILES string of the molecule is COc1ccc(C)cc1/C=C/C(=O)NCc1ccc(OC2CCCC2)nc1. The van der Waals surface area contributed by atoms with Crippen LogP contribution in [0.5, 0.6) is 11.6 Å². The Labute approximate surface area is 160 Å². The predicted molar refractivity (Wildman–Crippen MR) is 106 cm³/mol. The maximum atomic E-state index is 12.1. The number of hydrogen-bond donors (Lipinski definition) is 1. The molecular formula is C22H26N2O3. The molecule has 1 heterocycles. The molecule has 5 heteroatoms. The smallest absolute Gasteiger partial charge is 0.244 e. The molecule has 0 atom stereocenters. The number of nitrogens with one attached hydrogen (secondary N) is 1. The molecule has 1 aromatic heterocycles. The molecule has 0 radical (unpaired) electrons. The van der Waals surface area contributed by atoms with Crippen LogP contribution in [0.2, 0.25) is 0 Å². The van der Waals surface area contributed by atoms with Gasteiger partial charge in [0.05, 0.1) is 7.11 Å². The molecule has 1 aliphatic rings. The van der Waals surface area contributed by atoms with E-state index in [1.165, 1.54) is 18.9 Å². The Morgan fingerprint density at radius 2 is 2.07 bits per heavy atom. The van der Waals surface area contributed by atoms with Gasteiger partial charge in [-0.05, 0) is 56.4 Å². The average molecular weight is 366 g/mol. The van der Waals surface area contributed by atoms with E-state index >= 15 is 0 Å². The highest BCUT2D eigenvalue weighted by atomic mass is 16.5. The first kappa shape index (κ1) is 19.0. The van der Waals surface area contributed by atoms with Gasteiger partial charge in [0.2, 0.25) is 11.8 Å². The third kappa shape index (κ3) is 5.58. The van der Waals surface area contributed by atoms with Crippen LogP contribution in [0.4, 0.5) is 0 Å². The molecule has 0 spiro atoms. The standard InChI is InChI=1S/C22H26N2O3/c1-16-7-10-20(26-2)18(13-16)9-11-21(25)23-14-17-8-12-22(24-15-17)27-19-5-3-4-6-19/h7-13,15,19H,3-6,14H2,1-2H3,(H,23,25)/b11-9+. The van der Waals surface area contributed by atoms with Crippen molar-refractivity contribution in [2.75, 3.05) is 7.11 Å². The Bertz CT molecular complexity index is 794. The van der Waals surface area contributed by atoms with E-state index < -0.39 is 0 Å². The summed E-state index contributed by atoms with van der Waals surface area (Å²) in [6.07, 6.45) is 10.0. The molecule has 2 aromatic rings. The Kier molecular flexibility index (Phi) is 6.47. The van der Waals surface area contributed by atoms with Gasteiger partial charge in [0.15, 0.2) is 0 Å². The monoisotopic (exact) mass is 366 g/mol. The summed E-state index contributed by atoms with van der Waals surface area (Å²) in [4.78, 5) is 16.4. The van der Waals surface area contributed by atoms with Crippen LogP contribution in [-0.2, 0) is 11.3 Å². The first-order chi connectivity index (χ1) is 13.1. The lowest BCUT2D eigenvalue weighted by Crippen LogP contribution is -2.20. The van der Waals surface area contributed by atoms with E-state index in [1.807, 2.05) is 37.3 Å². The van der Waals surface area contributed by atoms with E-state index in [4.69, 9.17) is 9.47 Å². The number of aromatic nitrogens is 1. The van der Waals surface area contributed by atoms with Crippen LogP contribution in [0.1, 0.15) is 42.4 Å². The third-order valence-corrected chi connectivity index (χ3v) is 4.65. The minimum Gasteiger partial charge on any atom is -0.496 e. The van der Waals surface area contributed by atoms with Crippen LogP contribution in [0.3, 0.4) is 0 Å². The highest BCUT2D eigenvalue weighted by Crippen LogP contribution is 2.23. The fraction of sp³-hybridized carbons (Fsp3) is 0.364. The van der Waals surface area contributed by atoms with Crippen LogP contribution in [-0.4, -0.2) is 24.1 Å². The summed E-state index contributed by atoms with van der Waals surface area (Å²) in [5.74, 6) is 1.24. The van der Waals surface area contributed by atoms with E-state index in [9.17, 15) is 4.79 Å². The van der Waals surface area contributed by atoms with E-state index in [-0.39, 0.29) is 5.91 Å². The number of nitrogens with zero attached hydrogens (tertiary/aromatic N) is 1. The maximum absolute atomic E-state index is 12.1. The molecule has 1 aromatic carbocycles. The van der Waals surface area contributed by atoms with Crippen molar-refractivity contribution < 1.29 is 14.3 Å². The van der Waals surface area contributed by atoms with Gasteiger partial charge in [0.1, 0.15) is 11.9 Å². The number of hydrogen-bond acceptors (Lipinski definition) is 4. The van der Waals surface area contributed by atoms with Gasteiger partial charge in [-0.15, -0.1) is 0 Å². The largest absolute Gasteiger partial charge is 0.496 e. The molecule has 0 saturated heterocycles. The summed E-state index contributed by atoms with van der Waals surface area (Å²) in [5.41, 5.74) is 2.92. The van der Waals surface area contributed by atoms with Crippen LogP contribution < -0.4 is 14.8 Å². The minimum absolute atomic E-state index is 0.162. The van der Waals surface area contributed by atoms with Gasteiger partial charge in [-0.25, -0.2) is 4.98 Å². The minimum atomic E-state index is -0.162. The molecule has 0 bridgehead atoms. The Morgan fingerprint density at radius 1 is 1.26 bits per heavy atom. The van der Waals surface area contributed by atoms with Gasteiger partial charge in [-0.2, -0.15) is 0 Å². The van der Waals surface area contributed by atoms with Crippen LogP contribution >= 0.6 is 0 Å². The summed E-state index contributed by atoms with van der Waals surface area (Å²) >= 11 is 0. The van der Waals surface area contributed by atoms with E-state index in [2.05, 4.69) is 10.3 Å². The van der Waals surface area contributed by atoms with Crippen molar-refractivity contribution in [3.63, 3.8) is 0 Å². The Hall–Kier alpha value is -2.82. The van der Waals surface area contributed by atoms with Gasteiger partial charge in [-0.3, -0.25) is 4.79 Å². The zero-order valence-electron chi connectivity index (χ0n) is 15.9. The lowest BCUT2D eigenvalue weighted by atomic mass is 10.1. The molecule has 5 nitrogen and oxygen atoms in total. The number of pyridine rings is 1. The zero-order chi connectivity index (χ0) is 19.1. The van der Waals surface area contributed by atoms with E-state index in [0.29, 0.717) is 18.5 Å². The quantitative estimate of drug-likeness (QED) is 0.751. The zero-order valence-corrected chi connectivity index (χ0v) is 15.9. The number of ether oxygens (including phenoxy) is 2. The summed E-state index contributed by atoms with van der Waals surface area (Å²) in [7, 11) is 1.62. The number of carbonyl (C=O) groups is 1. The fourth-order valence-electron chi connectivity index (χ4n) is 3.16. The van der Waals surface area contributed by atoms with Crippen molar-refractivity contribution in [2.45, 2.75) is 45.3 Å². The number of benzene rings is 1. The molecule has 1 fully saturated rings. The molecule has 0 unspecified atom stereocenters. The van der Waals surface area contributed by atoms with Gasteiger partial charge in [-0.1, -0.05) is 17.7 Å². The fourth-order valence-corrected chi connectivity index (χ4v) is 3.16. The number of amides is 1. The topological polar surface area (TPSA) is 60.5 Å². The Morgan fingerprint density at radius 3 is 2.78 bits per heavy atom. The van der Waals surface area contributed by atoms with Crippen molar-refractivity contribution >= 4 is 12.0 Å². The Balaban J connectivity index is 1.50. The van der Waals surface area contributed by atoms with Crippen LogP contribution in [0.25, 0.3) is 6.08 Å². The predicted octanol–water partition coefficient (Wildman–Crippen LogP) is 4.05. The second-order valence-electron chi connectivity index (χ2n) is 6.83. The number of aryl methyl sites for hydroxylation is 1. The van der Waals surface area contributed by atoms with Gasteiger partial charge in [0.25, 0.3) is 0 Å². The molecular weight excluding hydrogens is 340 g/mol. The average Bonchev–Trinajstić information content (AvgIpc) is 3.19. The van der Waals surface area contributed by atoms with E-state index in [0.717, 1.165) is 35.3 Å². The molecule has 142 valence electrons. The molecule has 1 N–H and O–H groups in total. The highest BCUT2D eigenvalue weighted by molar-refractivity contribution is 5.92. The summed E-state index contributed by atoms with van der Waals surface area (Å²) in [6, 6.07) is 9.66. The van der Waals surface area contributed by atoms with Crippen molar-refractivity contribution in [1.82, 2.24) is 10.3 Å². The van der Waals surface area contributed by atoms with Crippen LogP contribution in [0, 0.1) is 6.92 Å². The first-order valence-electron chi connectivity index (χ1n) is 9.36. The molecule has 1 amide bonds. The highest BCUT2D eigenvalue weighted by Gasteiger charge is 2.16. The van der Waals surface area contributed by atoms with Crippen molar-refractivity contribution in [3.8, 4) is 11.6 Å². The molecule has 27 heavy (non-hydrogen) atoms. The lowest BCUT2D eigenvalue weighted by molar-refractivity contribution is -0.116. The molecule has 1 aliphatic carbocycles. The lowest BCUT2D eigenvalue weighted by Gasteiger charge is -2.12. The maximum Gasteiger partial charge on any atom is 0.244 e. The van der Waals surface area contributed by atoms with Crippen molar-refractivity contribution in [1.29, 1.82) is 0 Å². The van der Waals surface area contributed by atoms with Crippen molar-refractivity contribution in [3.05, 3.63) is 59.3 Å². The van der Waals surface area contributed by atoms with Gasteiger partial charge >= 0.3 is 0 Å². The molecule has 1 saturated carbocycles. The second-order valence-corrected chi connectivity index (χ2v) is 6.83. The number of carbonyl (C=O) groups excluding carboxylic acids is 1. The van der Waals surface area contributed by atoms with Crippen molar-refractivity contribution in [2.24, 2.45) is 0 Å². The summed E-state index contributed by atoms with van der Waals surface area (Å²) in [6.45, 7) is 2.43. The van der Waals surface area contributed by atoms with Crippen LogP contribution in [0.15, 0.2) is 42.6 Å². The summed E-state index contributed by atoms with van der Waals surface area (Å²) < 4.78 is 11.2. The summed E-state index contributed by atoms with van der Waals surface area (Å²) in [5, 5.41) is 2.87. The molecule has 0 aliphatic heterocycles. The number of methoxy groups -OCH3 is 1. The second kappa shape index (κ2) is 9.21. The van der Waals surface area contributed by atoms with Gasteiger partial charge < -0.3 is 14.8 Å². The normalized spacial score (nSPS) is 14.4. The third-order valence-electron chi connectivity index (χ3n) is 4.65. The number of rotatable bonds is 7. The first-order valence-corrected chi connectivity index (χ1v) is 9.36. The van der Waals surface area contributed by atoms with E-state index in [1.54, 1.807) is 19.4 Å².